The molecule has 1 unspecified atom stereocenters. The van der Waals surface area contributed by atoms with Crippen LogP contribution in [0, 0.1) is 0 Å². The fraction of sp³-hybridized carbons (Fsp3) is 0.103. The Morgan fingerprint density at radius 3 is 1.63 bits per heavy atom. The van der Waals surface area contributed by atoms with E-state index in [2.05, 4.69) is 246 Å². The Bertz CT molecular complexity index is 2930. The van der Waals surface area contributed by atoms with E-state index >= 15 is 0 Å². The van der Waals surface area contributed by atoms with Crippen LogP contribution in [0.25, 0.3) is 21.5 Å². The maximum absolute atomic E-state index is 3.54. The van der Waals surface area contributed by atoms with Crippen LogP contribution in [0.2, 0.25) is 0 Å². The third-order valence-electron chi connectivity index (χ3n) is 12.1. The van der Waals surface area contributed by atoms with Gasteiger partial charge in [-0.25, -0.2) is 0 Å². The summed E-state index contributed by atoms with van der Waals surface area (Å²) >= 11 is 0. The van der Waals surface area contributed by atoms with Gasteiger partial charge in [0.1, 0.15) is 0 Å². The van der Waals surface area contributed by atoms with Crippen molar-refractivity contribution >= 4 is 72.7 Å². The first-order valence-corrected chi connectivity index (χ1v) is 21.8. The summed E-state index contributed by atoms with van der Waals surface area (Å²) in [4.78, 5) is 7.25. The molecule has 302 valence electrons. The lowest BCUT2D eigenvalue weighted by Crippen LogP contribution is -2.30. The van der Waals surface area contributed by atoms with Gasteiger partial charge in [-0.2, -0.15) is 0 Å². The molecule has 62 heavy (non-hydrogen) atoms. The topological polar surface area (TPSA) is 21.8 Å². The van der Waals surface area contributed by atoms with Crippen LogP contribution in [0.3, 0.4) is 0 Å². The van der Waals surface area contributed by atoms with Crippen molar-refractivity contribution in [2.45, 2.75) is 39.2 Å². The van der Waals surface area contributed by atoms with E-state index < -0.39 is 0 Å². The number of hydrogen-bond acceptors (Lipinski definition) is 4. The maximum atomic E-state index is 3.54. The van der Waals surface area contributed by atoms with Crippen molar-refractivity contribution in [3.05, 3.63) is 235 Å². The summed E-state index contributed by atoms with van der Waals surface area (Å²) in [5.74, 6) is 0. The number of nitrogens with zero attached hydrogens (tertiary/aromatic N) is 3. The number of hydrogen-bond donors (Lipinski definition) is 1. The summed E-state index contributed by atoms with van der Waals surface area (Å²) in [6.45, 7) is 4.21. The molecule has 0 heterocycles. The zero-order valence-electron chi connectivity index (χ0n) is 35.3. The molecular formula is C58H50N4. The number of para-hydroxylation sites is 3. The Kier molecular flexibility index (Phi) is 10.7. The van der Waals surface area contributed by atoms with Crippen molar-refractivity contribution in [3.8, 4) is 0 Å². The minimum absolute atomic E-state index is 0.198. The number of benzene rings is 8. The minimum Gasteiger partial charge on any atom is -0.356 e. The lowest BCUT2D eigenvalue weighted by Gasteiger charge is -2.34. The SMILES string of the molecule is C/C=C\C(=C/C)N(c1ccc(Nc2ccccc2)cc1)c1cc2c3c(ccc4cc(N(c5ccc(N(c6ccccc6)c6ccccc6)cc5)C5C=CC=CC5)cc(c43)CC2)c1. The molecule has 0 saturated carbocycles. The van der Waals surface area contributed by atoms with Crippen molar-refractivity contribution in [1.29, 1.82) is 0 Å². The number of allylic oxidation sites excluding steroid dienone is 5. The van der Waals surface area contributed by atoms with Crippen molar-refractivity contribution < 1.29 is 0 Å². The highest BCUT2D eigenvalue weighted by Crippen LogP contribution is 2.44. The highest BCUT2D eigenvalue weighted by atomic mass is 15.2. The second-order valence-electron chi connectivity index (χ2n) is 16.1. The van der Waals surface area contributed by atoms with E-state index in [1.165, 1.54) is 49.7 Å². The molecule has 4 nitrogen and oxygen atoms in total. The Morgan fingerprint density at radius 2 is 1.05 bits per heavy atom. The lowest BCUT2D eigenvalue weighted by molar-refractivity contribution is 0.784. The van der Waals surface area contributed by atoms with E-state index in [9.17, 15) is 0 Å². The van der Waals surface area contributed by atoms with Gasteiger partial charge in [0.25, 0.3) is 0 Å². The van der Waals surface area contributed by atoms with E-state index in [-0.39, 0.29) is 6.04 Å². The number of nitrogens with one attached hydrogen (secondary N) is 1. The smallest absolute Gasteiger partial charge is 0.0559 e. The predicted molar refractivity (Wildman–Crippen MR) is 266 cm³/mol. The Hall–Kier alpha value is -7.56. The molecule has 1 atom stereocenters. The molecule has 0 fully saturated rings. The fourth-order valence-corrected chi connectivity index (χ4v) is 9.36. The van der Waals surface area contributed by atoms with Crippen LogP contribution in [-0.4, -0.2) is 6.04 Å². The zero-order valence-corrected chi connectivity index (χ0v) is 35.3. The highest BCUT2D eigenvalue weighted by molar-refractivity contribution is 6.13. The molecule has 0 radical (unpaired) electrons. The zero-order chi connectivity index (χ0) is 41.8. The number of aryl methyl sites for hydroxylation is 2. The largest absolute Gasteiger partial charge is 0.356 e. The second-order valence-corrected chi connectivity index (χ2v) is 16.1. The third kappa shape index (κ3) is 7.56. The first kappa shape index (κ1) is 38.6. The monoisotopic (exact) mass is 802 g/mol. The van der Waals surface area contributed by atoms with Crippen LogP contribution >= 0.6 is 0 Å². The first-order valence-electron chi connectivity index (χ1n) is 21.8. The maximum Gasteiger partial charge on any atom is 0.0559 e. The van der Waals surface area contributed by atoms with Crippen LogP contribution in [-0.2, 0) is 12.8 Å². The molecule has 4 heteroatoms. The number of anilines is 9. The average molecular weight is 803 g/mol. The minimum atomic E-state index is 0.198. The summed E-state index contributed by atoms with van der Waals surface area (Å²) in [6.07, 6.45) is 18.4. The van der Waals surface area contributed by atoms with E-state index in [1.54, 1.807) is 0 Å². The summed E-state index contributed by atoms with van der Waals surface area (Å²) in [7, 11) is 0. The van der Waals surface area contributed by atoms with Gasteiger partial charge in [0.15, 0.2) is 0 Å². The highest BCUT2D eigenvalue weighted by Gasteiger charge is 2.25. The molecule has 0 bridgehead atoms. The lowest BCUT2D eigenvalue weighted by atomic mass is 9.85. The molecule has 8 aromatic rings. The Balaban J connectivity index is 1.03. The fourth-order valence-electron chi connectivity index (χ4n) is 9.36. The van der Waals surface area contributed by atoms with E-state index in [1.807, 2.05) is 6.07 Å². The van der Waals surface area contributed by atoms with Crippen LogP contribution in [0.15, 0.2) is 224 Å². The summed E-state index contributed by atoms with van der Waals surface area (Å²) in [5.41, 5.74) is 14.2. The Morgan fingerprint density at radius 1 is 0.516 bits per heavy atom. The predicted octanol–water partition coefficient (Wildman–Crippen LogP) is 15.9. The molecule has 0 spiro atoms. The molecule has 2 aliphatic rings. The molecular weight excluding hydrogens is 753 g/mol. The van der Waals surface area contributed by atoms with Crippen molar-refractivity contribution in [3.63, 3.8) is 0 Å². The van der Waals surface area contributed by atoms with Crippen molar-refractivity contribution in [2.24, 2.45) is 0 Å². The summed E-state index contributed by atoms with van der Waals surface area (Å²) < 4.78 is 0. The molecule has 0 aliphatic heterocycles. The van der Waals surface area contributed by atoms with Crippen molar-refractivity contribution in [1.82, 2.24) is 0 Å². The summed E-state index contributed by atoms with van der Waals surface area (Å²) in [5, 5.41) is 8.87. The van der Waals surface area contributed by atoms with Gasteiger partial charge >= 0.3 is 0 Å². The van der Waals surface area contributed by atoms with Gasteiger partial charge in [-0.05, 0) is 181 Å². The van der Waals surface area contributed by atoms with Crippen LogP contribution in [0.4, 0.5) is 51.2 Å². The molecule has 8 aromatic carbocycles. The van der Waals surface area contributed by atoms with Crippen LogP contribution in [0.1, 0.15) is 31.4 Å². The molecule has 10 rings (SSSR count). The molecule has 0 saturated heterocycles. The van der Waals surface area contributed by atoms with Crippen LogP contribution in [0.5, 0.6) is 0 Å². The normalized spacial score (nSPS) is 14.5. The Labute approximate surface area is 365 Å². The molecule has 1 N–H and O–H groups in total. The molecule has 0 amide bonds. The van der Waals surface area contributed by atoms with Crippen LogP contribution < -0.4 is 20.0 Å². The van der Waals surface area contributed by atoms with Gasteiger partial charge in [0, 0.05) is 56.9 Å². The standard InChI is InChI=1S/C58H50N4/c1-3-17-48(4-2)60(52-32-30-47(31-33-52)59-46-18-9-5-10-19-46)55-38-42-26-28-44-40-56(41-45-29-27-43(39-55)57(42)58(44)45)62(51-24-15-8-16-25-51)54-36-34-53(35-37-54)61(49-20-11-6-12-21-49)50-22-13-7-14-23-50/h3-24,26,28,30-41,51,59H,25,27,29H2,1-2H3/b17-3-,48-4+. The summed E-state index contributed by atoms with van der Waals surface area (Å²) in [6, 6.07) is 64.1. The quantitative estimate of drug-likeness (QED) is 0.0981. The van der Waals surface area contributed by atoms with E-state index in [0.717, 1.165) is 59.1 Å². The van der Waals surface area contributed by atoms with Gasteiger partial charge in [-0.1, -0.05) is 103 Å². The van der Waals surface area contributed by atoms with Gasteiger partial charge in [-0.15, -0.1) is 0 Å². The van der Waals surface area contributed by atoms with E-state index in [0.29, 0.717) is 0 Å². The van der Waals surface area contributed by atoms with Gasteiger partial charge in [0.05, 0.1) is 6.04 Å². The van der Waals surface area contributed by atoms with Crippen molar-refractivity contribution in [2.75, 3.05) is 20.0 Å². The first-order chi connectivity index (χ1) is 30.6. The average Bonchev–Trinajstić information content (AvgIpc) is 3.33. The molecule has 0 aromatic heterocycles. The van der Waals surface area contributed by atoms with Gasteiger partial charge < -0.3 is 20.0 Å². The second kappa shape index (κ2) is 17.2. The van der Waals surface area contributed by atoms with E-state index in [4.69, 9.17) is 0 Å². The van der Waals surface area contributed by atoms with Gasteiger partial charge in [-0.3, -0.25) is 0 Å². The molecule has 2 aliphatic carbocycles. The number of rotatable bonds is 12. The third-order valence-corrected chi connectivity index (χ3v) is 12.1. The van der Waals surface area contributed by atoms with Gasteiger partial charge in [0.2, 0.25) is 0 Å².